The lowest BCUT2D eigenvalue weighted by Gasteiger charge is -2.43. The summed E-state index contributed by atoms with van der Waals surface area (Å²) in [6.07, 6.45) is 6.54. The van der Waals surface area contributed by atoms with Crippen LogP contribution >= 0.6 is 23.2 Å². The predicted octanol–water partition coefficient (Wildman–Crippen LogP) is 5.17. The van der Waals surface area contributed by atoms with Crippen molar-refractivity contribution < 1.29 is 9.59 Å². The van der Waals surface area contributed by atoms with Gasteiger partial charge in [-0.3, -0.25) is 9.59 Å². The number of hydrogen-bond donors (Lipinski definition) is 0. The second kappa shape index (κ2) is 9.96. The van der Waals surface area contributed by atoms with Gasteiger partial charge in [0.1, 0.15) is 0 Å². The topological polar surface area (TPSA) is 40.6 Å². The van der Waals surface area contributed by atoms with Gasteiger partial charge in [0.05, 0.1) is 0 Å². The molecule has 156 valence electrons. The van der Waals surface area contributed by atoms with Gasteiger partial charge < -0.3 is 9.80 Å². The molecule has 0 unspecified atom stereocenters. The average Bonchev–Trinajstić information content (AvgIpc) is 2.73. The Bertz CT molecular complexity index is 907. The van der Waals surface area contributed by atoms with Crippen molar-refractivity contribution in [1.29, 1.82) is 0 Å². The zero-order valence-electron chi connectivity index (χ0n) is 17.0. The average molecular weight is 443 g/mol. The number of amides is 2. The molecular formula is C24H24Cl2N2O2. The molecule has 0 radical (unpaired) electrons. The van der Waals surface area contributed by atoms with E-state index >= 15 is 0 Å². The molecule has 1 saturated heterocycles. The van der Waals surface area contributed by atoms with Crippen molar-refractivity contribution in [3.8, 4) is 0 Å². The first-order valence-electron chi connectivity index (χ1n) is 9.83. The zero-order valence-corrected chi connectivity index (χ0v) is 18.5. The molecule has 0 aromatic heterocycles. The lowest BCUT2D eigenvalue weighted by atomic mass is 10.1. The summed E-state index contributed by atoms with van der Waals surface area (Å²) in [6, 6.07) is 14.6. The number of carbonyl (C=O) groups excluding carboxylic acids is 2. The minimum Gasteiger partial charge on any atom is -0.333 e. The van der Waals surface area contributed by atoms with Gasteiger partial charge in [0.15, 0.2) is 0 Å². The molecule has 1 aliphatic heterocycles. The second-order valence-electron chi connectivity index (χ2n) is 7.39. The van der Waals surface area contributed by atoms with Gasteiger partial charge in [-0.05, 0) is 49.3 Å². The SMILES string of the molecule is C[C@@H]1CN(C(=O)/C=C/c2ccccc2Cl)[C@@H](C)CN1C(=O)/C=C/c1ccccc1Cl. The van der Waals surface area contributed by atoms with Crippen LogP contribution in [0.3, 0.4) is 0 Å². The fourth-order valence-corrected chi connectivity index (χ4v) is 3.87. The Morgan fingerprint density at radius 1 is 0.767 bits per heavy atom. The van der Waals surface area contributed by atoms with Crippen LogP contribution in [0.5, 0.6) is 0 Å². The first-order valence-corrected chi connectivity index (χ1v) is 10.6. The molecule has 2 atom stereocenters. The van der Waals surface area contributed by atoms with Gasteiger partial charge in [-0.15, -0.1) is 0 Å². The quantitative estimate of drug-likeness (QED) is 0.612. The summed E-state index contributed by atoms with van der Waals surface area (Å²) in [7, 11) is 0. The Morgan fingerprint density at radius 2 is 1.13 bits per heavy atom. The van der Waals surface area contributed by atoms with Crippen LogP contribution in [0.25, 0.3) is 12.2 Å². The van der Waals surface area contributed by atoms with E-state index in [1.54, 1.807) is 46.2 Å². The van der Waals surface area contributed by atoms with E-state index < -0.39 is 0 Å². The number of nitrogens with zero attached hydrogens (tertiary/aromatic N) is 2. The van der Waals surface area contributed by atoms with Crippen molar-refractivity contribution >= 4 is 47.2 Å². The third-order valence-electron chi connectivity index (χ3n) is 5.17. The number of carbonyl (C=O) groups is 2. The molecule has 0 saturated carbocycles. The number of benzene rings is 2. The molecule has 30 heavy (non-hydrogen) atoms. The molecule has 0 bridgehead atoms. The summed E-state index contributed by atoms with van der Waals surface area (Å²) in [4.78, 5) is 29.0. The summed E-state index contributed by atoms with van der Waals surface area (Å²) < 4.78 is 0. The molecule has 2 aromatic rings. The molecule has 6 heteroatoms. The highest BCUT2D eigenvalue weighted by Crippen LogP contribution is 2.20. The largest absolute Gasteiger partial charge is 0.333 e. The summed E-state index contributed by atoms with van der Waals surface area (Å²) in [5.74, 6) is -0.180. The molecule has 4 nitrogen and oxygen atoms in total. The normalized spacial score (nSPS) is 19.6. The molecule has 1 heterocycles. The summed E-state index contributed by atoms with van der Waals surface area (Å²) >= 11 is 12.3. The molecule has 1 aliphatic rings. The maximum Gasteiger partial charge on any atom is 0.246 e. The first kappa shape index (κ1) is 22.1. The van der Waals surface area contributed by atoms with Gasteiger partial charge in [-0.25, -0.2) is 0 Å². The molecule has 2 amide bonds. The van der Waals surface area contributed by atoms with Gasteiger partial charge in [-0.1, -0.05) is 59.6 Å². The molecular weight excluding hydrogens is 419 g/mol. The highest BCUT2D eigenvalue weighted by atomic mass is 35.5. The van der Waals surface area contributed by atoms with E-state index in [0.29, 0.717) is 23.1 Å². The molecule has 3 rings (SSSR count). The van der Waals surface area contributed by atoms with E-state index in [9.17, 15) is 9.59 Å². The molecule has 2 aromatic carbocycles. The number of rotatable bonds is 4. The predicted molar refractivity (Wildman–Crippen MR) is 123 cm³/mol. The Balaban J connectivity index is 1.64. The Morgan fingerprint density at radius 3 is 1.50 bits per heavy atom. The third-order valence-corrected chi connectivity index (χ3v) is 5.86. The standard InChI is InChI=1S/C24H24Cl2N2O2/c1-17-15-28(24(30)14-12-20-8-4-6-10-22(20)26)18(2)16-27(17)23(29)13-11-19-7-3-5-9-21(19)25/h3-14,17-18H,15-16H2,1-2H3/b13-11+,14-12+/t17-,18+. The highest BCUT2D eigenvalue weighted by Gasteiger charge is 2.32. The van der Waals surface area contributed by atoms with Crippen LogP contribution in [-0.4, -0.2) is 46.8 Å². The summed E-state index contributed by atoms with van der Waals surface area (Å²) in [6.45, 7) is 4.84. The lowest BCUT2D eigenvalue weighted by Crippen LogP contribution is -2.59. The van der Waals surface area contributed by atoms with Crippen LogP contribution in [0.15, 0.2) is 60.7 Å². The van der Waals surface area contributed by atoms with E-state index in [-0.39, 0.29) is 23.9 Å². The van der Waals surface area contributed by atoms with Crippen molar-refractivity contribution in [3.05, 3.63) is 81.9 Å². The van der Waals surface area contributed by atoms with E-state index in [2.05, 4.69) is 0 Å². The first-order chi connectivity index (χ1) is 14.4. The van der Waals surface area contributed by atoms with Crippen molar-refractivity contribution in [1.82, 2.24) is 9.80 Å². The maximum absolute atomic E-state index is 12.7. The van der Waals surface area contributed by atoms with Crippen LogP contribution < -0.4 is 0 Å². The maximum atomic E-state index is 12.7. The van der Waals surface area contributed by atoms with Crippen molar-refractivity contribution in [3.63, 3.8) is 0 Å². The fraction of sp³-hybridized carbons (Fsp3) is 0.250. The number of hydrogen-bond acceptors (Lipinski definition) is 2. The third kappa shape index (κ3) is 5.32. The van der Waals surface area contributed by atoms with Crippen LogP contribution in [0.4, 0.5) is 0 Å². The minimum absolute atomic E-state index is 0.0898. The van der Waals surface area contributed by atoms with Gasteiger partial charge in [0.2, 0.25) is 11.8 Å². The summed E-state index contributed by atoms with van der Waals surface area (Å²) in [5.41, 5.74) is 1.60. The molecule has 0 aliphatic carbocycles. The number of piperazine rings is 1. The second-order valence-corrected chi connectivity index (χ2v) is 8.20. The van der Waals surface area contributed by atoms with Crippen molar-refractivity contribution in [2.24, 2.45) is 0 Å². The monoisotopic (exact) mass is 442 g/mol. The summed E-state index contributed by atoms with van der Waals surface area (Å²) in [5, 5.41) is 1.20. The van der Waals surface area contributed by atoms with Crippen molar-refractivity contribution in [2.75, 3.05) is 13.1 Å². The van der Waals surface area contributed by atoms with Crippen LogP contribution in [-0.2, 0) is 9.59 Å². The molecule has 0 spiro atoms. The van der Waals surface area contributed by atoms with Crippen molar-refractivity contribution in [2.45, 2.75) is 25.9 Å². The highest BCUT2D eigenvalue weighted by molar-refractivity contribution is 6.32. The Hall–Kier alpha value is -2.56. The van der Waals surface area contributed by atoms with E-state index in [1.807, 2.05) is 50.2 Å². The Kier molecular flexibility index (Phi) is 7.35. The van der Waals surface area contributed by atoms with E-state index in [0.717, 1.165) is 11.1 Å². The van der Waals surface area contributed by atoms with Gasteiger partial charge in [0, 0.05) is 47.4 Å². The van der Waals surface area contributed by atoms with Gasteiger partial charge in [-0.2, -0.15) is 0 Å². The smallest absolute Gasteiger partial charge is 0.246 e. The van der Waals surface area contributed by atoms with Crippen LogP contribution in [0, 0.1) is 0 Å². The lowest BCUT2D eigenvalue weighted by molar-refractivity contribution is -0.139. The molecule has 1 fully saturated rings. The zero-order chi connectivity index (χ0) is 21.7. The van der Waals surface area contributed by atoms with E-state index in [4.69, 9.17) is 23.2 Å². The van der Waals surface area contributed by atoms with Crippen LogP contribution in [0.1, 0.15) is 25.0 Å². The van der Waals surface area contributed by atoms with Gasteiger partial charge >= 0.3 is 0 Å². The number of halogens is 2. The molecule has 0 N–H and O–H groups in total. The minimum atomic E-state index is -0.0951. The van der Waals surface area contributed by atoms with Gasteiger partial charge in [0.25, 0.3) is 0 Å². The Labute approximate surface area is 187 Å². The van der Waals surface area contributed by atoms with E-state index in [1.165, 1.54) is 0 Å². The van der Waals surface area contributed by atoms with Crippen LogP contribution in [0.2, 0.25) is 10.0 Å². The fourth-order valence-electron chi connectivity index (χ4n) is 3.47.